The van der Waals surface area contributed by atoms with E-state index in [9.17, 15) is 45.6 Å². The van der Waals surface area contributed by atoms with Crippen LogP contribution in [0.2, 0.25) is 0 Å². The van der Waals surface area contributed by atoms with Gasteiger partial charge in [-0.1, -0.05) is 156 Å². The van der Waals surface area contributed by atoms with Gasteiger partial charge in [-0.3, -0.25) is 4.79 Å². The summed E-state index contributed by atoms with van der Waals surface area (Å²) in [4.78, 5) is 13.2. The highest BCUT2D eigenvalue weighted by atomic mass is 16.7. The Morgan fingerprint density at radius 2 is 1.01 bits per heavy atom. The normalized spacial score (nSPS) is 27.0. The SMILES string of the molecule is CC/C=C\C/C=C\C/C=C\C/C=C\C/C=C\C/C=C\CCCCCCC(=O)NC(COC1OC(CO)C(OC2OC(CO)C(O)C(O)C2O)C(O)C1O)C(O)/C=C/CC/C=C/CCCCCCCC. The standard InChI is InChI=1S/C55H91NO13/c1-3-5-7-9-11-13-15-17-18-19-20-21-22-23-24-25-26-27-29-31-33-35-37-39-47(60)56-43(44(59)38-36-34-32-30-28-16-14-12-10-8-6-4-2)42-66-54-52(65)50(63)53(46(41-58)68-54)69-55-51(64)49(62)48(61)45(40-57)67-55/h5,7,11,13,17-18,20-21,23-24,26-28,30,36,38,43-46,48-55,57-59,61-65H,3-4,6,8-10,12,14-16,19,22,25,29,31-35,37,39-42H2,1-2H3,(H,56,60)/b7-5-,13-11-,18-17-,21-20-,24-23-,27-26-,30-28+,38-36+. The number of aliphatic hydroxyl groups is 8. The number of carbonyl (C=O) groups is 1. The molecule has 2 aliphatic heterocycles. The molecule has 2 heterocycles. The first-order chi connectivity index (χ1) is 33.6. The summed E-state index contributed by atoms with van der Waals surface area (Å²) in [6.45, 7) is 2.59. The highest BCUT2D eigenvalue weighted by molar-refractivity contribution is 5.76. The van der Waals surface area contributed by atoms with E-state index in [1.807, 2.05) is 6.08 Å². The molecular formula is C55H91NO13. The van der Waals surface area contributed by atoms with Crippen LogP contribution < -0.4 is 5.32 Å². The van der Waals surface area contributed by atoms with Crippen molar-refractivity contribution in [3.05, 3.63) is 97.2 Å². The molecule has 69 heavy (non-hydrogen) atoms. The second-order valence-electron chi connectivity index (χ2n) is 17.9. The lowest BCUT2D eigenvalue weighted by molar-refractivity contribution is -0.359. The third-order valence-corrected chi connectivity index (χ3v) is 12.0. The predicted octanol–water partition coefficient (Wildman–Crippen LogP) is 7.15. The Hall–Kier alpha value is -3.09. The van der Waals surface area contributed by atoms with Crippen molar-refractivity contribution in [3.63, 3.8) is 0 Å². The molecule has 2 rings (SSSR count). The third kappa shape index (κ3) is 27.4. The van der Waals surface area contributed by atoms with E-state index in [4.69, 9.17) is 18.9 Å². The van der Waals surface area contributed by atoms with Gasteiger partial charge in [0.1, 0.15) is 48.8 Å². The lowest BCUT2D eigenvalue weighted by atomic mass is 9.97. The monoisotopic (exact) mass is 974 g/mol. The maximum absolute atomic E-state index is 13.2. The second kappa shape index (κ2) is 40.5. The van der Waals surface area contributed by atoms with Gasteiger partial charge < -0.3 is 65.1 Å². The molecule has 0 bridgehead atoms. The van der Waals surface area contributed by atoms with Crippen molar-refractivity contribution in [2.45, 2.75) is 222 Å². The molecule has 2 saturated heterocycles. The van der Waals surface area contributed by atoms with E-state index in [1.54, 1.807) is 6.08 Å². The third-order valence-electron chi connectivity index (χ3n) is 12.0. The number of allylic oxidation sites excluding steroid dienone is 15. The van der Waals surface area contributed by atoms with E-state index >= 15 is 0 Å². The van der Waals surface area contributed by atoms with Gasteiger partial charge in [-0.05, 0) is 83.5 Å². The molecule has 0 spiro atoms. The van der Waals surface area contributed by atoms with Crippen molar-refractivity contribution in [2.75, 3.05) is 19.8 Å². The minimum Gasteiger partial charge on any atom is -0.394 e. The zero-order valence-electron chi connectivity index (χ0n) is 41.8. The second-order valence-corrected chi connectivity index (χ2v) is 17.9. The molecule has 2 aliphatic rings. The maximum Gasteiger partial charge on any atom is 0.220 e. The molecule has 2 fully saturated rings. The Labute approximate surface area is 413 Å². The van der Waals surface area contributed by atoms with E-state index in [0.29, 0.717) is 12.8 Å². The Kier molecular flexibility index (Phi) is 36.4. The van der Waals surface area contributed by atoms with Crippen molar-refractivity contribution in [1.29, 1.82) is 0 Å². The topological polar surface area (TPSA) is 228 Å². The van der Waals surface area contributed by atoms with Crippen LogP contribution in [0.25, 0.3) is 0 Å². The Bertz CT molecular complexity index is 1520. The summed E-state index contributed by atoms with van der Waals surface area (Å²) in [6.07, 6.45) is 37.3. The highest BCUT2D eigenvalue weighted by Gasteiger charge is 2.51. The number of carbonyl (C=O) groups excluding carboxylic acids is 1. The van der Waals surface area contributed by atoms with Crippen molar-refractivity contribution < 1.29 is 64.6 Å². The van der Waals surface area contributed by atoms with Gasteiger partial charge in [-0.15, -0.1) is 0 Å². The van der Waals surface area contributed by atoms with Crippen LogP contribution in [0.1, 0.15) is 149 Å². The molecule has 0 saturated carbocycles. The molecule has 1 amide bonds. The molecular weight excluding hydrogens is 883 g/mol. The number of rotatable bonds is 38. The number of nitrogens with one attached hydrogen (secondary N) is 1. The number of aliphatic hydroxyl groups excluding tert-OH is 8. The number of hydrogen-bond acceptors (Lipinski definition) is 13. The van der Waals surface area contributed by atoms with Gasteiger partial charge in [-0.2, -0.15) is 0 Å². The first-order valence-electron chi connectivity index (χ1n) is 26.0. The zero-order chi connectivity index (χ0) is 50.3. The fraction of sp³-hybridized carbons (Fsp3) is 0.691. The molecule has 12 atom stereocenters. The molecule has 12 unspecified atom stereocenters. The summed E-state index contributed by atoms with van der Waals surface area (Å²) in [5.41, 5.74) is 0. The van der Waals surface area contributed by atoms with Crippen LogP contribution in [0, 0.1) is 0 Å². The molecule has 14 heteroatoms. The van der Waals surface area contributed by atoms with Crippen LogP contribution in [0.5, 0.6) is 0 Å². The summed E-state index contributed by atoms with van der Waals surface area (Å²) in [5, 5.41) is 86.7. The Morgan fingerprint density at radius 1 is 0.536 bits per heavy atom. The van der Waals surface area contributed by atoms with Crippen molar-refractivity contribution in [1.82, 2.24) is 5.32 Å². The van der Waals surface area contributed by atoms with Crippen molar-refractivity contribution in [3.8, 4) is 0 Å². The quantitative estimate of drug-likeness (QED) is 0.0222. The predicted molar refractivity (Wildman–Crippen MR) is 272 cm³/mol. The van der Waals surface area contributed by atoms with Crippen LogP contribution in [-0.2, 0) is 23.7 Å². The van der Waals surface area contributed by atoms with Gasteiger partial charge in [0.05, 0.1) is 32.0 Å². The maximum atomic E-state index is 13.2. The molecule has 394 valence electrons. The fourth-order valence-electron chi connectivity index (χ4n) is 7.78. The van der Waals surface area contributed by atoms with Crippen molar-refractivity contribution >= 4 is 5.91 Å². The summed E-state index contributed by atoms with van der Waals surface area (Å²) in [7, 11) is 0. The minimum absolute atomic E-state index is 0.237. The first kappa shape index (κ1) is 62.0. The largest absolute Gasteiger partial charge is 0.394 e. The molecule has 14 nitrogen and oxygen atoms in total. The molecule has 0 aromatic rings. The average Bonchev–Trinajstić information content (AvgIpc) is 3.35. The smallest absolute Gasteiger partial charge is 0.220 e. The van der Waals surface area contributed by atoms with E-state index < -0.39 is 86.8 Å². The van der Waals surface area contributed by atoms with E-state index in [2.05, 4.69) is 104 Å². The molecule has 0 aromatic heterocycles. The lowest BCUT2D eigenvalue weighted by Gasteiger charge is -2.46. The van der Waals surface area contributed by atoms with Crippen LogP contribution in [0.15, 0.2) is 97.2 Å². The summed E-state index contributed by atoms with van der Waals surface area (Å²) in [6, 6.07) is -0.950. The van der Waals surface area contributed by atoms with Crippen LogP contribution in [-0.4, -0.2) is 140 Å². The van der Waals surface area contributed by atoms with E-state index in [1.165, 1.54) is 38.5 Å². The molecule has 0 radical (unpaired) electrons. The summed E-state index contributed by atoms with van der Waals surface area (Å²) >= 11 is 0. The van der Waals surface area contributed by atoms with Gasteiger partial charge >= 0.3 is 0 Å². The highest BCUT2D eigenvalue weighted by Crippen LogP contribution is 2.30. The van der Waals surface area contributed by atoms with Gasteiger partial charge in [0, 0.05) is 6.42 Å². The van der Waals surface area contributed by atoms with Crippen LogP contribution in [0.3, 0.4) is 0 Å². The first-order valence-corrected chi connectivity index (χ1v) is 26.0. The van der Waals surface area contributed by atoms with Gasteiger partial charge in [0.15, 0.2) is 12.6 Å². The van der Waals surface area contributed by atoms with E-state index in [0.717, 1.165) is 77.0 Å². The fourth-order valence-corrected chi connectivity index (χ4v) is 7.78. The lowest BCUT2D eigenvalue weighted by Crippen LogP contribution is -2.65. The molecule has 0 aromatic carbocycles. The van der Waals surface area contributed by atoms with Crippen molar-refractivity contribution in [2.24, 2.45) is 0 Å². The number of hydrogen-bond donors (Lipinski definition) is 9. The number of ether oxygens (including phenoxy) is 4. The summed E-state index contributed by atoms with van der Waals surface area (Å²) < 4.78 is 22.6. The van der Waals surface area contributed by atoms with Crippen LogP contribution in [0.4, 0.5) is 0 Å². The Morgan fingerprint density at radius 3 is 1.59 bits per heavy atom. The molecule has 9 N–H and O–H groups in total. The zero-order valence-corrected chi connectivity index (χ0v) is 41.8. The van der Waals surface area contributed by atoms with Crippen LogP contribution >= 0.6 is 0 Å². The van der Waals surface area contributed by atoms with Gasteiger partial charge in [0.2, 0.25) is 5.91 Å². The van der Waals surface area contributed by atoms with Gasteiger partial charge in [-0.25, -0.2) is 0 Å². The average molecular weight is 974 g/mol. The molecule has 0 aliphatic carbocycles. The number of unbranched alkanes of at least 4 members (excludes halogenated alkanes) is 11. The number of amides is 1. The Balaban J connectivity index is 1.83. The van der Waals surface area contributed by atoms with Gasteiger partial charge in [0.25, 0.3) is 0 Å². The summed E-state index contributed by atoms with van der Waals surface area (Å²) in [5.74, 6) is -0.281. The minimum atomic E-state index is -1.80. The van der Waals surface area contributed by atoms with E-state index in [-0.39, 0.29) is 18.9 Å².